The second kappa shape index (κ2) is 3.98. The van der Waals surface area contributed by atoms with Gasteiger partial charge in [0.15, 0.2) is 0 Å². The van der Waals surface area contributed by atoms with Crippen LogP contribution < -0.4 is 0 Å². The third-order valence-corrected chi connectivity index (χ3v) is 3.61. The molecule has 1 aliphatic heterocycles. The van der Waals surface area contributed by atoms with Crippen LogP contribution in [0, 0.1) is 13.8 Å². The van der Waals surface area contributed by atoms with Gasteiger partial charge in [-0.25, -0.2) is 4.79 Å². The zero-order valence-corrected chi connectivity index (χ0v) is 10.5. The number of fused-ring (bicyclic) bond motifs is 1. The molecular weight excluding hydrogens is 224 g/mol. The molecule has 0 bridgehead atoms. The Balaban J connectivity index is 2.28. The molecule has 0 saturated heterocycles. The third-order valence-electron chi connectivity index (χ3n) is 3.61. The summed E-state index contributed by atoms with van der Waals surface area (Å²) in [6, 6.07) is 12.1. The molecule has 1 heterocycles. The molecule has 0 spiro atoms. The summed E-state index contributed by atoms with van der Waals surface area (Å²) in [5.41, 5.74) is 6.26. The molecule has 2 nitrogen and oxygen atoms in total. The fourth-order valence-electron chi connectivity index (χ4n) is 2.44. The average Bonchev–Trinajstić information content (AvgIpc) is 2.75. The monoisotopic (exact) mass is 238 g/mol. The maximum atomic E-state index is 11.8. The summed E-state index contributed by atoms with van der Waals surface area (Å²) >= 11 is 0. The van der Waals surface area contributed by atoms with E-state index in [4.69, 9.17) is 4.74 Å². The predicted molar refractivity (Wildman–Crippen MR) is 70.5 cm³/mol. The number of carbonyl (C=O) groups is 1. The zero-order valence-electron chi connectivity index (χ0n) is 10.5. The van der Waals surface area contributed by atoms with Crippen molar-refractivity contribution in [2.45, 2.75) is 20.5 Å². The van der Waals surface area contributed by atoms with E-state index in [9.17, 15) is 4.79 Å². The molecule has 0 fully saturated rings. The van der Waals surface area contributed by atoms with Gasteiger partial charge in [0, 0.05) is 5.56 Å². The number of esters is 1. The smallest absolute Gasteiger partial charge is 0.339 e. The fraction of sp³-hybridized carbons (Fsp3) is 0.188. The lowest BCUT2D eigenvalue weighted by Gasteiger charge is -2.11. The number of cyclic esters (lactones) is 1. The minimum absolute atomic E-state index is 0.207. The van der Waals surface area contributed by atoms with E-state index >= 15 is 0 Å². The van der Waals surface area contributed by atoms with Crippen LogP contribution in [0.3, 0.4) is 0 Å². The van der Waals surface area contributed by atoms with Gasteiger partial charge in [-0.05, 0) is 36.1 Å². The van der Waals surface area contributed by atoms with Crippen molar-refractivity contribution in [3.05, 3.63) is 58.7 Å². The van der Waals surface area contributed by atoms with Gasteiger partial charge in [0.05, 0.1) is 5.56 Å². The van der Waals surface area contributed by atoms with E-state index in [1.54, 1.807) is 0 Å². The standard InChI is InChI=1S/C16H14O2/c1-10-5-3-7-13(11(10)2)14-8-4-6-12-9-18-16(17)15(12)14/h3-8H,9H2,1-2H3. The van der Waals surface area contributed by atoms with Crippen LogP contribution in [0.25, 0.3) is 11.1 Å². The molecule has 3 rings (SSSR count). The van der Waals surface area contributed by atoms with Gasteiger partial charge in [-0.1, -0.05) is 36.4 Å². The van der Waals surface area contributed by atoms with Crippen LogP contribution in [0.1, 0.15) is 27.0 Å². The van der Waals surface area contributed by atoms with Gasteiger partial charge in [-0.15, -0.1) is 0 Å². The summed E-state index contributed by atoms with van der Waals surface area (Å²) in [5.74, 6) is -0.207. The van der Waals surface area contributed by atoms with Crippen molar-refractivity contribution in [1.82, 2.24) is 0 Å². The molecule has 0 amide bonds. The number of hydrogen-bond acceptors (Lipinski definition) is 2. The number of carbonyl (C=O) groups excluding carboxylic acids is 1. The minimum atomic E-state index is -0.207. The van der Waals surface area contributed by atoms with Crippen molar-refractivity contribution in [2.75, 3.05) is 0 Å². The van der Waals surface area contributed by atoms with E-state index < -0.39 is 0 Å². The molecule has 2 aromatic rings. The number of rotatable bonds is 1. The molecule has 90 valence electrons. The highest BCUT2D eigenvalue weighted by Crippen LogP contribution is 2.33. The summed E-state index contributed by atoms with van der Waals surface area (Å²) in [6.07, 6.45) is 0. The molecule has 0 atom stereocenters. The molecule has 0 radical (unpaired) electrons. The Labute approximate surface area is 106 Å². The largest absolute Gasteiger partial charge is 0.457 e. The Morgan fingerprint density at radius 3 is 2.56 bits per heavy atom. The van der Waals surface area contributed by atoms with E-state index in [0.717, 1.165) is 22.3 Å². The van der Waals surface area contributed by atoms with E-state index in [1.165, 1.54) is 11.1 Å². The van der Waals surface area contributed by atoms with Crippen molar-refractivity contribution in [1.29, 1.82) is 0 Å². The predicted octanol–water partition coefficient (Wildman–Crippen LogP) is 3.64. The lowest BCUT2D eigenvalue weighted by atomic mass is 9.92. The van der Waals surface area contributed by atoms with E-state index in [-0.39, 0.29) is 5.97 Å². The maximum absolute atomic E-state index is 11.8. The molecule has 0 saturated carbocycles. The van der Waals surface area contributed by atoms with E-state index in [2.05, 4.69) is 26.0 Å². The maximum Gasteiger partial charge on any atom is 0.339 e. The van der Waals surface area contributed by atoms with E-state index in [1.807, 2.05) is 24.3 Å². The second-order valence-corrected chi connectivity index (χ2v) is 4.66. The first-order valence-corrected chi connectivity index (χ1v) is 6.04. The fourth-order valence-corrected chi connectivity index (χ4v) is 2.44. The van der Waals surface area contributed by atoms with Gasteiger partial charge >= 0.3 is 5.97 Å². The second-order valence-electron chi connectivity index (χ2n) is 4.66. The number of ether oxygens (including phenoxy) is 1. The van der Waals surface area contributed by atoms with E-state index in [0.29, 0.717) is 6.61 Å². The number of aryl methyl sites for hydroxylation is 1. The SMILES string of the molecule is Cc1cccc(-c2cccc3c2C(=O)OC3)c1C. The molecule has 0 N–H and O–H groups in total. The normalized spacial score (nSPS) is 13.3. The van der Waals surface area contributed by atoms with Gasteiger partial charge in [0.25, 0.3) is 0 Å². The molecular formula is C16H14O2. The Hall–Kier alpha value is -2.09. The topological polar surface area (TPSA) is 26.3 Å². The van der Waals surface area contributed by atoms with Crippen LogP contribution in [-0.2, 0) is 11.3 Å². The minimum Gasteiger partial charge on any atom is -0.457 e. The quantitative estimate of drug-likeness (QED) is 0.709. The van der Waals surface area contributed by atoms with Crippen LogP contribution in [0.15, 0.2) is 36.4 Å². The summed E-state index contributed by atoms with van der Waals surface area (Å²) in [5, 5.41) is 0. The van der Waals surface area contributed by atoms with Gasteiger partial charge in [0.2, 0.25) is 0 Å². The third kappa shape index (κ3) is 1.53. The molecule has 18 heavy (non-hydrogen) atoms. The highest BCUT2D eigenvalue weighted by atomic mass is 16.5. The Bertz CT molecular complexity index is 642. The number of hydrogen-bond donors (Lipinski definition) is 0. The summed E-state index contributed by atoms with van der Waals surface area (Å²) in [6.45, 7) is 4.57. The molecule has 0 unspecified atom stereocenters. The summed E-state index contributed by atoms with van der Waals surface area (Å²) in [4.78, 5) is 11.8. The van der Waals surface area contributed by atoms with Crippen LogP contribution in [-0.4, -0.2) is 5.97 Å². The highest BCUT2D eigenvalue weighted by Gasteiger charge is 2.25. The Kier molecular flexibility index (Phi) is 2.44. The number of benzene rings is 2. The first kappa shape index (κ1) is 11.0. The van der Waals surface area contributed by atoms with Crippen molar-refractivity contribution < 1.29 is 9.53 Å². The van der Waals surface area contributed by atoms with Gasteiger partial charge in [-0.3, -0.25) is 0 Å². The molecule has 1 aliphatic rings. The lowest BCUT2D eigenvalue weighted by molar-refractivity contribution is 0.0535. The van der Waals surface area contributed by atoms with Gasteiger partial charge in [0.1, 0.15) is 6.61 Å². The highest BCUT2D eigenvalue weighted by molar-refractivity contribution is 6.01. The summed E-state index contributed by atoms with van der Waals surface area (Å²) < 4.78 is 5.12. The van der Waals surface area contributed by atoms with Crippen LogP contribution >= 0.6 is 0 Å². The zero-order chi connectivity index (χ0) is 12.7. The van der Waals surface area contributed by atoms with Gasteiger partial charge in [-0.2, -0.15) is 0 Å². The molecule has 2 heteroatoms. The molecule has 2 aromatic carbocycles. The van der Waals surface area contributed by atoms with Crippen molar-refractivity contribution in [3.63, 3.8) is 0 Å². The van der Waals surface area contributed by atoms with Crippen molar-refractivity contribution in [2.24, 2.45) is 0 Å². The van der Waals surface area contributed by atoms with Gasteiger partial charge < -0.3 is 4.74 Å². The van der Waals surface area contributed by atoms with Crippen LogP contribution in [0.4, 0.5) is 0 Å². The average molecular weight is 238 g/mol. The lowest BCUT2D eigenvalue weighted by Crippen LogP contribution is -1.98. The van der Waals surface area contributed by atoms with Crippen LogP contribution in [0.5, 0.6) is 0 Å². The molecule has 0 aromatic heterocycles. The van der Waals surface area contributed by atoms with Crippen molar-refractivity contribution >= 4 is 5.97 Å². The molecule has 0 aliphatic carbocycles. The Morgan fingerprint density at radius 2 is 1.72 bits per heavy atom. The van der Waals surface area contributed by atoms with Crippen molar-refractivity contribution in [3.8, 4) is 11.1 Å². The Morgan fingerprint density at radius 1 is 1.00 bits per heavy atom. The summed E-state index contributed by atoms with van der Waals surface area (Å²) in [7, 11) is 0. The first-order chi connectivity index (χ1) is 8.68. The first-order valence-electron chi connectivity index (χ1n) is 6.04. The van der Waals surface area contributed by atoms with Crippen LogP contribution in [0.2, 0.25) is 0 Å².